The van der Waals surface area contributed by atoms with Gasteiger partial charge in [0.1, 0.15) is 11.6 Å². The summed E-state index contributed by atoms with van der Waals surface area (Å²) in [7, 11) is 0. The molecule has 2 fully saturated rings. The van der Waals surface area contributed by atoms with Crippen LogP contribution < -0.4 is 5.32 Å². The molecule has 2 aliphatic heterocycles. The summed E-state index contributed by atoms with van der Waals surface area (Å²) >= 11 is 1.57. The van der Waals surface area contributed by atoms with Crippen molar-refractivity contribution in [3.05, 3.63) is 83.5 Å². The number of amides is 1. The van der Waals surface area contributed by atoms with Crippen molar-refractivity contribution in [1.29, 1.82) is 0 Å². The lowest BCUT2D eigenvalue weighted by molar-refractivity contribution is -0.176. The number of nitrogens with zero attached hydrogens (tertiary/aromatic N) is 3. The van der Waals surface area contributed by atoms with Crippen LogP contribution in [-0.4, -0.2) is 47.1 Å². The van der Waals surface area contributed by atoms with Crippen LogP contribution in [-0.2, 0) is 4.74 Å². The Bertz CT molecular complexity index is 1680. The number of carbonyl (C=O) groups excluding carboxylic acids is 1. The van der Waals surface area contributed by atoms with E-state index in [1.807, 2.05) is 24.3 Å². The number of ether oxygens (including phenoxy) is 1. The Labute approximate surface area is 214 Å². The van der Waals surface area contributed by atoms with Crippen molar-refractivity contribution in [2.45, 2.75) is 0 Å². The number of thiazole rings is 1. The van der Waals surface area contributed by atoms with Crippen molar-refractivity contribution in [1.82, 2.24) is 14.9 Å². The van der Waals surface area contributed by atoms with Crippen LogP contribution in [0.25, 0.3) is 32.2 Å². The number of likely N-dealkylation sites (tertiary alicyclic amines) is 1. The summed E-state index contributed by atoms with van der Waals surface area (Å²) in [5, 5.41) is 4.09. The van der Waals surface area contributed by atoms with Crippen molar-refractivity contribution < 1.29 is 18.3 Å². The van der Waals surface area contributed by atoms with Crippen molar-refractivity contribution >= 4 is 49.7 Å². The summed E-state index contributed by atoms with van der Waals surface area (Å²) in [5.74, 6) is -1.93. The number of carbonyl (C=O) groups is 1. The highest BCUT2D eigenvalue weighted by atomic mass is 32.1. The van der Waals surface area contributed by atoms with E-state index in [1.165, 1.54) is 0 Å². The highest BCUT2D eigenvalue weighted by Crippen LogP contribution is 2.39. The molecule has 2 aliphatic rings. The Balaban J connectivity index is 1.21. The first-order valence-corrected chi connectivity index (χ1v) is 12.7. The average Bonchev–Trinajstić information content (AvgIpc) is 3.30. The first-order chi connectivity index (χ1) is 18.0. The van der Waals surface area contributed by atoms with Crippen LogP contribution in [0.1, 0.15) is 10.4 Å². The fourth-order valence-corrected chi connectivity index (χ4v) is 5.80. The van der Waals surface area contributed by atoms with Gasteiger partial charge in [-0.2, -0.15) is 0 Å². The minimum Gasteiger partial charge on any atom is -0.380 e. The first-order valence-electron chi connectivity index (χ1n) is 11.8. The Kier molecular flexibility index (Phi) is 4.99. The second-order valence-corrected chi connectivity index (χ2v) is 10.6. The molecule has 0 bridgehead atoms. The standard InChI is InChI=1S/C28H20F2N4O2S/c29-20-8-17(27(35)34-11-28(12-34)13-36-14-28)9-21(30)26(20)16-1-3-22-19(7-16)23(5-6-31-22)33-18-2-4-25-24(10-18)32-15-37-25/h1-10,15H,11-14H2,(H,31,33). The summed E-state index contributed by atoms with van der Waals surface area (Å²) in [5.41, 5.74) is 5.20. The number of anilines is 2. The molecule has 7 rings (SSSR count). The Morgan fingerprint density at radius 2 is 1.78 bits per heavy atom. The molecule has 6 nitrogen and oxygen atoms in total. The van der Waals surface area contributed by atoms with E-state index >= 15 is 8.78 Å². The summed E-state index contributed by atoms with van der Waals surface area (Å²) in [6.07, 6.45) is 1.68. The van der Waals surface area contributed by atoms with Gasteiger partial charge in [-0.25, -0.2) is 13.8 Å². The van der Waals surface area contributed by atoms with Gasteiger partial charge in [0.2, 0.25) is 0 Å². The van der Waals surface area contributed by atoms with E-state index in [4.69, 9.17) is 4.74 Å². The summed E-state index contributed by atoms with van der Waals surface area (Å²) < 4.78 is 36.9. The molecular weight excluding hydrogens is 494 g/mol. The fraction of sp³-hybridized carbons (Fsp3) is 0.179. The molecule has 184 valence electrons. The predicted octanol–water partition coefficient (Wildman–Crippen LogP) is 6.01. The topological polar surface area (TPSA) is 67.4 Å². The second-order valence-electron chi connectivity index (χ2n) is 9.72. The zero-order valence-electron chi connectivity index (χ0n) is 19.5. The molecule has 2 aromatic heterocycles. The smallest absolute Gasteiger partial charge is 0.254 e. The van der Waals surface area contributed by atoms with Crippen LogP contribution in [0.4, 0.5) is 20.2 Å². The van der Waals surface area contributed by atoms with Gasteiger partial charge in [0.05, 0.1) is 45.4 Å². The third-order valence-electron chi connectivity index (χ3n) is 7.08. The minimum atomic E-state index is -0.780. The third-order valence-corrected chi connectivity index (χ3v) is 7.89. The number of fused-ring (bicyclic) bond motifs is 2. The molecule has 0 atom stereocenters. The number of aromatic nitrogens is 2. The molecule has 1 N–H and O–H groups in total. The van der Waals surface area contributed by atoms with E-state index in [-0.39, 0.29) is 22.4 Å². The summed E-state index contributed by atoms with van der Waals surface area (Å²) in [6, 6.07) is 15.1. The molecule has 0 unspecified atom stereocenters. The molecule has 5 aromatic rings. The van der Waals surface area contributed by atoms with Crippen LogP contribution in [0, 0.1) is 17.0 Å². The molecule has 9 heteroatoms. The molecule has 2 saturated heterocycles. The number of halogens is 2. The van der Waals surface area contributed by atoms with E-state index < -0.39 is 11.6 Å². The van der Waals surface area contributed by atoms with Gasteiger partial charge in [0.15, 0.2) is 0 Å². The molecule has 1 spiro atoms. The van der Waals surface area contributed by atoms with Crippen LogP contribution in [0.2, 0.25) is 0 Å². The second kappa shape index (κ2) is 8.29. The number of rotatable bonds is 4. The zero-order chi connectivity index (χ0) is 25.1. The lowest BCUT2D eigenvalue weighted by Gasteiger charge is -2.54. The van der Waals surface area contributed by atoms with Gasteiger partial charge >= 0.3 is 0 Å². The highest BCUT2D eigenvalue weighted by molar-refractivity contribution is 7.16. The minimum absolute atomic E-state index is 0.0103. The van der Waals surface area contributed by atoms with Crippen LogP contribution in [0.3, 0.4) is 0 Å². The molecule has 1 amide bonds. The van der Waals surface area contributed by atoms with Gasteiger partial charge in [-0.15, -0.1) is 11.3 Å². The van der Waals surface area contributed by atoms with Gasteiger partial charge in [-0.05, 0) is 54.1 Å². The lowest BCUT2D eigenvalue weighted by Crippen LogP contribution is -2.67. The van der Waals surface area contributed by atoms with Crippen LogP contribution in [0.15, 0.2) is 66.3 Å². The first kappa shape index (κ1) is 22.3. The maximum Gasteiger partial charge on any atom is 0.254 e. The molecule has 4 heterocycles. The fourth-order valence-electron chi connectivity index (χ4n) is 5.14. The number of pyridine rings is 1. The SMILES string of the molecule is O=C(c1cc(F)c(-c2ccc3nccc(Nc4ccc5scnc5c4)c3c2)c(F)c1)N1CC2(COC2)C1. The van der Waals surface area contributed by atoms with Crippen molar-refractivity contribution in [3.63, 3.8) is 0 Å². The normalized spacial score (nSPS) is 16.1. The maximum absolute atomic E-state index is 15.3. The molecule has 37 heavy (non-hydrogen) atoms. The number of benzene rings is 3. The Morgan fingerprint density at radius 1 is 0.973 bits per heavy atom. The van der Waals surface area contributed by atoms with Gasteiger partial charge in [0.25, 0.3) is 5.91 Å². The molecule has 3 aromatic carbocycles. The summed E-state index contributed by atoms with van der Waals surface area (Å²) in [4.78, 5) is 23.2. The third kappa shape index (κ3) is 3.73. The number of hydrogen-bond acceptors (Lipinski definition) is 6. The lowest BCUT2D eigenvalue weighted by atomic mass is 9.78. The molecule has 0 saturated carbocycles. The van der Waals surface area contributed by atoms with Gasteiger partial charge in [-0.3, -0.25) is 9.78 Å². The van der Waals surface area contributed by atoms with Crippen molar-refractivity contribution in [2.24, 2.45) is 5.41 Å². The molecule has 0 radical (unpaired) electrons. The maximum atomic E-state index is 15.3. The monoisotopic (exact) mass is 514 g/mol. The number of hydrogen-bond donors (Lipinski definition) is 1. The van der Waals surface area contributed by atoms with Gasteiger partial charge < -0.3 is 15.0 Å². The quantitative estimate of drug-likeness (QED) is 0.318. The predicted molar refractivity (Wildman–Crippen MR) is 139 cm³/mol. The number of nitrogens with one attached hydrogen (secondary N) is 1. The Hall–Kier alpha value is -3.95. The summed E-state index contributed by atoms with van der Waals surface area (Å²) in [6.45, 7) is 2.37. The van der Waals surface area contributed by atoms with E-state index in [9.17, 15) is 4.79 Å². The van der Waals surface area contributed by atoms with Gasteiger partial charge in [-0.1, -0.05) is 6.07 Å². The largest absolute Gasteiger partial charge is 0.380 e. The van der Waals surface area contributed by atoms with E-state index in [2.05, 4.69) is 15.3 Å². The zero-order valence-corrected chi connectivity index (χ0v) is 20.3. The average molecular weight is 515 g/mol. The van der Waals surface area contributed by atoms with Crippen LogP contribution in [0.5, 0.6) is 0 Å². The van der Waals surface area contributed by atoms with E-state index in [0.717, 1.165) is 33.7 Å². The van der Waals surface area contributed by atoms with Crippen LogP contribution >= 0.6 is 11.3 Å². The van der Waals surface area contributed by atoms with E-state index in [0.29, 0.717) is 42.8 Å². The Morgan fingerprint density at radius 3 is 2.54 bits per heavy atom. The molecular formula is C28H20F2N4O2S. The van der Waals surface area contributed by atoms with E-state index in [1.54, 1.807) is 46.1 Å². The molecule has 0 aliphatic carbocycles. The van der Waals surface area contributed by atoms with Crippen molar-refractivity contribution in [2.75, 3.05) is 31.6 Å². The van der Waals surface area contributed by atoms with Crippen molar-refractivity contribution in [3.8, 4) is 11.1 Å². The van der Waals surface area contributed by atoms with Gasteiger partial charge in [0, 0.05) is 41.6 Å². The highest BCUT2D eigenvalue weighted by Gasteiger charge is 2.50.